The van der Waals surface area contributed by atoms with Gasteiger partial charge in [0, 0.05) is 17.0 Å². The van der Waals surface area contributed by atoms with E-state index in [0.29, 0.717) is 5.75 Å². The Hall–Kier alpha value is -1.82. The summed E-state index contributed by atoms with van der Waals surface area (Å²) < 4.78 is 1.80. The zero-order valence-corrected chi connectivity index (χ0v) is 18.8. The SMILES string of the molecule is CSc1nnc(C(C)C)n1/N=C\c1cc(C(C)(C)C)c(O)c(C(C)(C)C)c1. The van der Waals surface area contributed by atoms with Crippen LogP contribution in [0.25, 0.3) is 0 Å². The third kappa shape index (κ3) is 4.72. The molecule has 27 heavy (non-hydrogen) atoms. The van der Waals surface area contributed by atoms with Gasteiger partial charge in [0.25, 0.3) is 0 Å². The number of benzene rings is 1. The van der Waals surface area contributed by atoms with Crippen LogP contribution >= 0.6 is 11.8 Å². The van der Waals surface area contributed by atoms with Crippen molar-refractivity contribution < 1.29 is 5.11 Å². The Balaban J connectivity index is 2.61. The minimum atomic E-state index is -0.169. The number of hydrogen-bond acceptors (Lipinski definition) is 5. The number of phenolic OH excluding ortho intramolecular Hbond substituents is 1. The molecule has 1 heterocycles. The first-order chi connectivity index (χ1) is 12.4. The first-order valence-corrected chi connectivity index (χ1v) is 10.5. The van der Waals surface area contributed by atoms with Gasteiger partial charge in [0.2, 0.25) is 5.16 Å². The average molecular weight is 389 g/mol. The fourth-order valence-corrected chi connectivity index (χ4v) is 3.31. The maximum absolute atomic E-state index is 10.9. The third-order valence-corrected chi connectivity index (χ3v) is 5.03. The summed E-state index contributed by atoms with van der Waals surface area (Å²) in [5.74, 6) is 1.44. The van der Waals surface area contributed by atoms with Crippen LogP contribution in [0.2, 0.25) is 0 Å². The highest BCUT2D eigenvalue weighted by Gasteiger charge is 2.26. The first kappa shape index (κ1) is 21.5. The molecule has 1 N–H and O–H groups in total. The molecule has 1 aromatic carbocycles. The van der Waals surface area contributed by atoms with Crippen molar-refractivity contribution in [1.29, 1.82) is 0 Å². The first-order valence-electron chi connectivity index (χ1n) is 9.28. The summed E-state index contributed by atoms with van der Waals surface area (Å²) in [5, 5.41) is 24.8. The molecule has 0 aliphatic carbocycles. The molecule has 0 amide bonds. The van der Waals surface area contributed by atoms with Crippen LogP contribution in [0.4, 0.5) is 0 Å². The number of hydrogen-bond donors (Lipinski definition) is 1. The van der Waals surface area contributed by atoms with E-state index >= 15 is 0 Å². The summed E-state index contributed by atoms with van der Waals surface area (Å²) in [6.45, 7) is 16.8. The largest absolute Gasteiger partial charge is 0.507 e. The topological polar surface area (TPSA) is 63.3 Å². The fraction of sp³-hybridized carbons (Fsp3) is 0.571. The Labute approximate surface area is 167 Å². The van der Waals surface area contributed by atoms with Gasteiger partial charge in [0.15, 0.2) is 5.82 Å². The van der Waals surface area contributed by atoms with Crippen LogP contribution in [0.5, 0.6) is 5.75 Å². The van der Waals surface area contributed by atoms with Gasteiger partial charge >= 0.3 is 0 Å². The van der Waals surface area contributed by atoms with Crippen molar-refractivity contribution in [2.24, 2.45) is 5.10 Å². The van der Waals surface area contributed by atoms with E-state index in [9.17, 15) is 5.11 Å². The second-order valence-electron chi connectivity index (χ2n) is 9.22. The lowest BCUT2D eigenvalue weighted by molar-refractivity contribution is 0.423. The fourth-order valence-electron chi connectivity index (χ4n) is 2.87. The zero-order valence-electron chi connectivity index (χ0n) is 18.0. The number of nitrogens with zero attached hydrogens (tertiary/aromatic N) is 4. The van der Waals surface area contributed by atoms with E-state index in [2.05, 4.69) is 70.7 Å². The van der Waals surface area contributed by atoms with Crippen LogP contribution in [0.15, 0.2) is 22.4 Å². The lowest BCUT2D eigenvalue weighted by atomic mass is 9.78. The van der Waals surface area contributed by atoms with Gasteiger partial charge in [0.05, 0.1) is 6.21 Å². The monoisotopic (exact) mass is 388 g/mol. The second-order valence-corrected chi connectivity index (χ2v) is 9.99. The van der Waals surface area contributed by atoms with Crippen LogP contribution in [0.1, 0.15) is 83.8 Å². The van der Waals surface area contributed by atoms with Crippen molar-refractivity contribution in [1.82, 2.24) is 14.9 Å². The zero-order chi connectivity index (χ0) is 20.6. The van der Waals surface area contributed by atoms with Crippen molar-refractivity contribution >= 4 is 18.0 Å². The van der Waals surface area contributed by atoms with Gasteiger partial charge in [-0.15, -0.1) is 10.2 Å². The summed E-state index contributed by atoms with van der Waals surface area (Å²) >= 11 is 1.52. The molecular weight excluding hydrogens is 356 g/mol. The number of phenols is 1. The highest BCUT2D eigenvalue weighted by molar-refractivity contribution is 7.98. The summed E-state index contributed by atoms with van der Waals surface area (Å²) in [6.07, 6.45) is 3.80. The molecule has 0 saturated heterocycles. The maximum Gasteiger partial charge on any atom is 0.211 e. The van der Waals surface area contributed by atoms with Crippen LogP contribution in [-0.2, 0) is 10.8 Å². The molecule has 6 heteroatoms. The summed E-state index contributed by atoms with van der Waals surface area (Å²) in [7, 11) is 0. The van der Waals surface area contributed by atoms with Crippen LogP contribution in [-0.4, -0.2) is 32.5 Å². The van der Waals surface area contributed by atoms with Crippen molar-refractivity contribution in [3.8, 4) is 5.75 Å². The Morgan fingerprint density at radius 2 is 1.56 bits per heavy atom. The molecule has 0 aliphatic rings. The lowest BCUT2D eigenvalue weighted by Crippen LogP contribution is -2.18. The van der Waals surface area contributed by atoms with E-state index in [1.54, 1.807) is 4.68 Å². The molecule has 5 nitrogen and oxygen atoms in total. The van der Waals surface area contributed by atoms with E-state index in [0.717, 1.165) is 27.7 Å². The molecule has 1 aromatic heterocycles. The van der Waals surface area contributed by atoms with Crippen molar-refractivity contribution in [3.05, 3.63) is 34.6 Å². The Kier molecular flexibility index (Phi) is 6.10. The third-order valence-electron chi connectivity index (χ3n) is 4.41. The lowest BCUT2D eigenvalue weighted by Gasteiger charge is -2.27. The molecule has 0 unspecified atom stereocenters. The van der Waals surface area contributed by atoms with Crippen molar-refractivity contribution in [3.63, 3.8) is 0 Å². The number of rotatable bonds is 4. The van der Waals surface area contributed by atoms with E-state index in [1.807, 2.05) is 24.6 Å². The molecule has 0 saturated carbocycles. The van der Waals surface area contributed by atoms with Crippen molar-refractivity contribution in [2.45, 2.75) is 77.3 Å². The minimum absolute atomic E-state index is 0.169. The number of aromatic nitrogens is 3. The molecule has 2 rings (SSSR count). The minimum Gasteiger partial charge on any atom is -0.507 e. The van der Waals surface area contributed by atoms with E-state index in [4.69, 9.17) is 0 Å². The van der Waals surface area contributed by atoms with Gasteiger partial charge in [0.1, 0.15) is 5.75 Å². The second kappa shape index (κ2) is 7.66. The Morgan fingerprint density at radius 1 is 1.04 bits per heavy atom. The molecule has 2 aromatic rings. The molecule has 0 fully saturated rings. The van der Waals surface area contributed by atoms with Crippen molar-refractivity contribution in [2.75, 3.05) is 6.26 Å². The van der Waals surface area contributed by atoms with Gasteiger partial charge in [-0.05, 0) is 34.8 Å². The summed E-state index contributed by atoms with van der Waals surface area (Å²) in [5.41, 5.74) is 2.47. The molecular formula is C21H32N4OS. The van der Waals surface area contributed by atoms with Crippen LogP contribution in [0.3, 0.4) is 0 Å². The summed E-state index contributed by atoms with van der Waals surface area (Å²) in [4.78, 5) is 0. The number of aromatic hydroxyl groups is 1. The standard InChI is InChI=1S/C21H32N4OS/c1-13(2)18-23-24-19(27-9)25(18)22-12-14-10-15(20(3,4)5)17(26)16(11-14)21(6,7)8/h10-13,26H,1-9H3/b22-12-. The molecule has 0 aliphatic heterocycles. The van der Waals surface area contributed by atoms with E-state index in [-0.39, 0.29) is 16.7 Å². The maximum atomic E-state index is 10.9. The highest BCUT2D eigenvalue weighted by atomic mass is 32.2. The quantitative estimate of drug-likeness (QED) is 0.570. The smallest absolute Gasteiger partial charge is 0.211 e. The highest BCUT2D eigenvalue weighted by Crippen LogP contribution is 2.39. The van der Waals surface area contributed by atoms with E-state index < -0.39 is 0 Å². The van der Waals surface area contributed by atoms with Crippen LogP contribution in [0, 0.1) is 0 Å². The predicted octanol–water partition coefficient (Wildman–Crippen LogP) is 5.31. The molecule has 148 valence electrons. The van der Waals surface area contributed by atoms with Crippen LogP contribution < -0.4 is 0 Å². The molecule has 0 bridgehead atoms. The molecule has 0 spiro atoms. The Morgan fingerprint density at radius 3 is 1.96 bits per heavy atom. The predicted molar refractivity (Wildman–Crippen MR) is 114 cm³/mol. The molecule has 0 atom stereocenters. The van der Waals surface area contributed by atoms with Gasteiger partial charge in [-0.1, -0.05) is 67.2 Å². The average Bonchev–Trinajstić information content (AvgIpc) is 2.94. The van der Waals surface area contributed by atoms with Gasteiger partial charge in [-0.3, -0.25) is 0 Å². The van der Waals surface area contributed by atoms with E-state index in [1.165, 1.54) is 11.8 Å². The van der Waals surface area contributed by atoms with Gasteiger partial charge in [-0.25, -0.2) is 0 Å². The molecule has 0 radical (unpaired) electrons. The van der Waals surface area contributed by atoms with Gasteiger partial charge in [-0.2, -0.15) is 9.78 Å². The van der Waals surface area contributed by atoms with Gasteiger partial charge < -0.3 is 5.11 Å². The Bertz CT molecular complexity index is 804. The summed E-state index contributed by atoms with van der Waals surface area (Å²) in [6, 6.07) is 4.04. The number of thioether (sulfide) groups is 1. The normalized spacial score (nSPS) is 13.1.